The van der Waals surface area contributed by atoms with Crippen molar-refractivity contribution in [2.75, 3.05) is 5.75 Å². The molecule has 0 saturated heterocycles. The zero-order valence-corrected chi connectivity index (χ0v) is 5.11. The van der Waals surface area contributed by atoms with Gasteiger partial charge in [-0.05, 0) is 12.2 Å². The molecule has 2 heterocycles. The molecule has 0 aromatic rings. The Hall–Kier alpha value is -0.500. The van der Waals surface area contributed by atoms with E-state index in [1.165, 1.54) is 10.6 Å². The molecule has 0 aromatic heterocycles. The summed E-state index contributed by atoms with van der Waals surface area (Å²) in [5.74, 6) is 1.11. The minimum absolute atomic E-state index is 1.11. The Morgan fingerprint density at radius 1 is 1.62 bits per heavy atom. The Labute approximate surface area is 52.2 Å². The van der Waals surface area contributed by atoms with Gasteiger partial charge in [-0.1, -0.05) is 0 Å². The van der Waals surface area contributed by atoms with Crippen LogP contribution >= 0.6 is 11.8 Å². The first-order chi connectivity index (χ1) is 3.97. The van der Waals surface area contributed by atoms with Gasteiger partial charge in [-0.15, -0.1) is 11.8 Å². The first kappa shape index (κ1) is 4.39. The Bertz CT molecular complexity index is 201. The lowest BCUT2D eigenvalue weighted by Gasteiger charge is -1.85. The highest BCUT2D eigenvalue weighted by atomic mass is 32.2. The van der Waals surface area contributed by atoms with Crippen molar-refractivity contribution >= 4 is 18.0 Å². The first-order valence-electron chi connectivity index (χ1n) is 2.54. The van der Waals surface area contributed by atoms with Gasteiger partial charge in [0.1, 0.15) is 0 Å². The molecule has 40 valence electrons. The van der Waals surface area contributed by atoms with Gasteiger partial charge in [-0.3, -0.25) is 4.99 Å². The molecule has 0 spiro atoms. The van der Waals surface area contributed by atoms with Gasteiger partial charge in [-0.25, -0.2) is 0 Å². The summed E-state index contributed by atoms with van der Waals surface area (Å²) in [6.45, 7) is 0. The molecule has 0 amide bonds. The number of thioether (sulfide) groups is 1. The van der Waals surface area contributed by atoms with Gasteiger partial charge in [0, 0.05) is 16.9 Å². The number of aliphatic imine (C=N–C) groups is 1. The largest absolute Gasteiger partial charge is 0.256 e. The van der Waals surface area contributed by atoms with Crippen molar-refractivity contribution in [3.8, 4) is 0 Å². The number of allylic oxidation sites excluding steroid dienone is 1. The molecule has 0 radical (unpaired) electrons. The van der Waals surface area contributed by atoms with Gasteiger partial charge in [0.25, 0.3) is 0 Å². The minimum Gasteiger partial charge on any atom is -0.256 e. The van der Waals surface area contributed by atoms with Gasteiger partial charge < -0.3 is 0 Å². The van der Waals surface area contributed by atoms with Gasteiger partial charge in [0.2, 0.25) is 0 Å². The lowest BCUT2D eigenvalue weighted by atomic mass is 10.4. The molecule has 2 aliphatic rings. The molecule has 0 atom stereocenters. The lowest BCUT2D eigenvalue weighted by molar-refractivity contribution is 1.45. The third kappa shape index (κ3) is 0.464. The molecule has 2 heteroatoms. The predicted molar refractivity (Wildman–Crippen MR) is 37.1 cm³/mol. The van der Waals surface area contributed by atoms with Crippen LogP contribution in [0.15, 0.2) is 27.7 Å². The molecule has 0 unspecified atom stereocenters. The number of nitrogens with zero attached hydrogens (tertiary/aromatic N) is 1. The van der Waals surface area contributed by atoms with E-state index in [2.05, 4.69) is 17.1 Å². The van der Waals surface area contributed by atoms with Gasteiger partial charge in [-0.2, -0.15) is 0 Å². The van der Waals surface area contributed by atoms with Crippen LogP contribution < -0.4 is 0 Å². The zero-order chi connectivity index (χ0) is 5.40. The Balaban J connectivity index is 2.49. The third-order valence-corrected chi connectivity index (χ3v) is 2.20. The molecule has 0 N–H and O–H groups in total. The first-order valence-corrected chi connectivity index (χ1v) is 3.53. The number of hydrogen-bond acceptors (Lipinski definition) is 2. The van der Waals surface area contributed by atoms with Crippen LogP contribution in [0.1, 0.15) is 0 Å². The van der Waals surface area contributed by atoms with Crippen molar-refractivity contribution < 1.29 is 0 Å². The van der Waals surface area contributed by atoms with Crippen LogP contribution in [-0.4, -0.2) is 12.0 Å². The summed E-state index contributed by atoms with van der Waals surface area (Å²) in [5, 5.41) is 0. The maximum atomic E-state index is 4.12. The van der Waals surface area contributed by atoms with Crippen molar-refractivity contribution in [1.29, 1.82) is 0 Å². The summed E-state index contributed by atoms with van der Waals surface area (Å²) in [7, 11) is 0. The molecule has 2 aliphatic heterocycles. The smallest absolute Gasteiger partial charge is 0.0734 e. The van der Waals surface area contributed by atoms with E-state index >= 15 is 0 Å². The van der Waals surface area contributed by atoms with E-state index in [-0.39, 0.29) is 0 Å². The van der Waals surface area contributed by atoms with Crippen LogP contribution in [0.4, 0.5) is 0 Å². The average molecular weight is 123 g/mol. The normalized spacial score (nSPS) is 23.0. The molecule has 8 heavy (non-hydrogen) atoms. The Kier molecular flexibility index (Phi) is 0.815. The van der Waals surface area contributed by atoms with E-state index in [9.17, 15) is 0 Å². The molecular weight excluding hydrogens is 118 g/mol. The van der Waals surface area contributed by atoms with Crippen LogP contribution in [0.5, 0.6) is 0 Å². The monoisotopic (exact) mass is 123 g/mol. The van der Waals surface area contributed by atoms with Crippen LogP contribution in [-0.2, 0) is 0 Å². The van der Waals surface area contributed by atoms with E-state index in [1.807, 2.05) is 18.0 Å². The topological polar surface area (TPSA) is 12.4 Å². The second-order valence-electron chi connectivity index (χ2n) is 1.71. The summed E-state index contributed by atoms with van der Waals surface area (Å²) in [6, 6.07) is 0. The third-order valence-electron chi connectivity index (χ3n) is 1.21. The van der Waals surface area contributed by atoms with Gasteiger partial charge in [0.05, 0.1) is 5.70 Å². The lowest BCUT2D eigenvalue weighted by Crippen LogP contribution is -1.62. The van der Waals surface area contributed by atoms with Crippen LogP contribution in [0, 0.1) is 0 Å². The molecule has 1 nitrogen and oxygen atoms in total. The highest BCUT2D eigenvalue weighted by molar-refractivity contribution is 8.03. The van der Waals surface area contributed by atoms with Crippen molar-refractivity contribution in [2.24, 2.45) is 4.99 Å². The van der Waals surface area contributed by atoms with Crippen molar-refractivity contribution in [1.82, 2.24) is 0 Å². The molecular formula is C6H5NS. The summed E-state index contributed by atoms with van der Waals surface area (Å²) < 4.78 is 0. The molecule has 0 fully saturated rings. The predicted octanol–water partition coefficient (Wildman–Crippen LogP) is 1.59. The van der Waals surface area contributed by atoms with Crippen molar-refractivity contribution in [3.63, 3.8) is 0 Å². The van der Waals surface area contributed by atoms with E-state index < -0.39 is 0 Å². The molecule has 0 aromatic carbocycles. The van der Waals surface area contributed by atoms with Crippen LogP contribution in [0.2, 0.25) is 0 Å². The van der Waals surface area contributed by atoms with Crippen LogP contribution in [0.3, 0.4) is 0 Å². The molecule has 0 aliphatic carbocycles. The number of rotatable bonds is 0. The Morgan fingerprint density at radius 3 is 3.50 bits per heavy atom. The quantitative estimate of drug-likeness (QED) is 0.476. The maximum Gasteiger partial charge on any atom is 0.0734 e. The highest BCUT2D eigenvalue weighted by Gasteiger charge is 2.12. The number of fused-ring (bicyclic) bond motifs is 1. The highest BCUT2D eigenvalue weighted by Crippen LogP contribution is 2.33. The molecule has 0 bridgehead atoms. The van der Waals surface area contributed by atoms with E-state index in [1.54, 1.807) is 0 Å². The standard InChI is InChI=1S/C6H5NS/c1-3-7-5-2-4-8-6(1)5/h1-3H,4H2. The fraction of sp³-hybridized carbons (Fsp3) is 0.167. The van der Waals surface area contributed by atoms with E-state index in [4.69, 9.17) is 0 Å². The molecule has 2 rings (SSSR count). The number of hydrogen-bond donors (Lipinski definition) is 0. The molecule has 0 saturated carbocycles. The van der Waals surface area contributed by atoms with E-state index in [0.29, 0.717) is 0 Å². The van der Waals surface area contributed by atoms with Gasteiger partial charge in [0.15, 0.2) is 0 Å². The summed E-state index contributed by atoms with van der Waals surface area (Å²) in [4.78, 5) is 5.46. The minimum atomic E-state index is 1.11. The second kappa shape index (κ2) is 1.49. The fourth-order valence-corrected chi connectivity index (χ4v) is 1.68. The summed E-state index contributed by atoms with van der Waals surface area (Å²) >= 11 is 1.86. The van der Waals surface area contributed by atoms with Crippen molar-refractivity contribution in [2.45, 2.75) is 0 Å². The Morgan fingerprint density at radius 2 is 2.62 bits per heavy atom. The summed E-state index contributed by atoms with van der Waals surface area (Å²) in [5.41, 5.74) is 1.18. The van der Waals surface area contributed by atoms with E-state index in [0.717, 1.165) is 5.75 Å². The zero-order valence-electron chi connectivity index (χ0n) is 4.29. The fourth-order valence-electron chi connectivity index (χ4n) is 0.820. The van der Waals surface area contributed by atoms with Crippen LogP contribution in [0.25, 0.3) is 0 Å². The SMILES string of the molecule is C1=NC2=CCSC2=C1. The maximum absolute atomic E-state index is 4.12. The average Bonchev–Trinajstić information content (AvgIpc) is 2.15. The second-order valence-corrected chi connectivity index (χ2v) is 2.77. The van der Waals surface area contributed by atoms with Crippen molar-refractivity contribution in [3.05, 3.63) is 22.8 Å². The van der Waals surface area contributed by atoms with Gasteiger partial charge >= 0.3 is 0 Å². The summed E-state index contributed by atoms with van der Waals surface area (Å²) in [6.07, 6.45) is 6.07.